The Bertz CT molecular complexity index is 744. The molecular formula is C16H19N3O4S. The van der Waals surface area contributed by atoms with E-state index >= 15 is 0 Å². The summed E-state index contributed by atoms with van der Waals surface area (Å²) < 4.78 is 12.0. The van der Waals surface area contributed by atoms with Crippen LogP contribution in [0.1, 0.15) is 20.8 Å². The molecular weight excluding hydrogens is 330 g/mol. The molecule has 1 aromatic carbocycles. The fourth-order valence-corrected chi connectivity index (χ4v) is 3.33. The number of carbonyl (C=O) groups excluding carboxylic acids is 2. The third-order valence-corrected chi connectivity index (χ3v) is 4.52. The number of thiazole rings is 1. The number of aromatic nitrogens is 1. The van der Waals surface area contributed by atoms with Crippen molar-refractivity contribution >= 4 is 38.5 Å². The van der Waals surface area contributed by atoms with Crippen molar-refractivity contribution in [1.29, 1.82) is 0 Å². The summed E-state index contributed by atoms with van der Waals surface area (Å²) in [6, 6.07) is 3.07. The fraction of sp³-hybridized carbons (Fsp3) is 0.438. The maximum atomic E-state index is 12.4. The van der Waals surface area contributed by atoms with Crippen LogP contribution in [-0.2, 0) is 9.59 Å². The summed E-state index contributed by atoms with van der Waals surface area (Å²) in [7, 11) is 0. The van der Waals surface area contributed by atoms with Crippen molar-refractivity contribution in [2.45, 2.75) is 26.8 Å². The van der Waals surface area contributed by atoms with E-state index in [4.69, 9.17) is 9.47 Å². The average molecular weight is 349 g/mol. The van der Waals surface area contributed by atoms with Crippen LogP contribution >= 0.6 is 11.3 Å². The minimum atomic E-state index is -0.602. The summed E-state index contributed by atoms with van der Waals surface area (Å²) in [5, 5.41) is 5.92. The Morgan fingerprint density at radius 2 is 1.88 bits per heavy atom. The average Bonchev–Trinajstić information content (AvgIpc) is 2.90. The highest BCUT2D eigenvalue weighted by Gasteiger charge is 2.24. The highest BCUT2D eigenvalue weighted by Crippen LogP contribution is 2.37. The maximum Gasteiger partial charge on any atom is 0.248 e. The number of carbonyl (C=O) groups is 2. The van der Waals surface area contributed by atoms with E-state index in [0.717, 1.165) is 10.2 Å². The Balaban J connectivity index is 1.81. The number of hydrogen-bond acceptors (Lipinski definition) is 6. The minimum Gasteiger partial charge on any atom is -0.486 e. The molecule has 2 N–H and O–H groups in total. The molecule has 24 heavy (non-hydrogen) atoms. The molecule has 0 bridgehead atoms. The second kappa shape index (κ2) is 6.64. The smallest absolute Gasteiger partial charge is 0.248 e. The van der Waals surface area contributed by atoms with Gasteiger partial charge in [0, 0.05) is 19.1 Å². The highest BCUT2D eigenvalue weighted by molar-refractivity contribution is 7.22. The van der Waals surface area contributed by atoms with Crippen LogP contribution in [0, 0.1) is 5.92 Å². The molecule has 1 aliphatic rings. The molecule has 128 valence electrons. The number of ether oxygens (including phenoxy) is 2. The molecule has 1 unspecified atom stereocenters. The number of fused-ring (bicyclic) bond motifs is 2. The summed E-state index contributed by atoms with van der Waals surface area (Å²) in [5.41, 5.74) is 0.736. The molecule has 0 fully saturated rings. The van der Waals surface area contributed by atoms with Crippen LogP contribution in [0.5, 0.6) is 11.5 Å². The van der Waals surface area contributed by atoms with Gasteiger partial charge >= 0.3 is 0 Å². The molecule has 1 aromatic heterocycles. The zero-order valence-electron chi connectivity index (χ0n) is 13.7. The zero-order valence-corrected chi connectivity index (χ0v) is 14.5. The number of nitrogens with zero attached hydrogens (tertiary/aromatic N) is 1. The van der Waals surface area contributed by atoms with Crippen LogP contribution in [0.15, 0.2) is 12.1 Å². The quantitative estimate of drug-likeness (QED) is 0.883. The highest BCUT2D eigenvalue weighted by atomic mass is 32.1. The molecule has 2 amide bonds. The first-order valence-electron chi connectivity index (χ1n) is 7.72. The molecule has 1 aliphatic heterocycles. The van der Waals surface area contributed by atoms with E-state index in [1.165, 1.54) is 18.3 Å². The Hall–Kier alpha value is -2.35. The number of amides is 2. The summed E-state index contributed by atoms with van der Waals surface area (Å²) in [4.78, 5) is 28.1. The third kappa shape index (κ3) is 3.43. The summed E-state index contributed by atoms with van der Waals surface area (Å²) in [5.74, 6) is 0.799. The van der Waals surface area contributed by atoms with Gasteiger partial charge in [0.05, 0.1) is 10.2 Å². The standard InChI is InChI=1S/C16H19N3O4S/c1-8(2)14(17-9(3)20)15(21)19-16-18-10-6-11-12(7-13(10)24-16)23-5-4-22-11/h6-8,14H,4-5H2,1-3H3,(H,17,20)(H,18,19,21). The van der Waals surface area contributed by atoms with Gasteiger partial charge in [-0.3, -0.25) is 9.59 Å². The van der Waals surface area contributed by atoms with Gasteiger partial charge in [0.25, 0.3) is 0 Å². The number of nitrogens with one attached hydrogen (secondary N) is 2. The van der Waals surface area contributed by atoms with Crippen LogP contribution in [0.2, 0.25) is 0 Å². The minimum absolute atomic E-state index is 0.0302. The van der Waals surface area contributed by atoms with Gasteiger partial charge < -0.3 is 20.1 Å². The van der Waals surface area contributed by atoms with E-state index in [-0.39, 0.29) is 17.7 Å². The zero-order chi connectivity index (χ0) is 17.3. The van der Waals surface area contributed by atoms with Crippen molar-refractivity contribution in [2.24, 2.45) is 5.92 Å². The van der Waals surface area contributed by atoms with Gasteiger partial charge in [-0.2, -0.15) is 0 Å². The van der Waals surface area contributed by atoms with E-state index in [2.05, 4.69) is 15.6 Å². The van der Waals surface area contributed by atoms with E-state index in [0.29, 0.717) is 29.8 Å². The van der Waals surface area contributed by atoms with Crippen LogP contribution in [-0.4, -0.2) is 36.1 Å². The molecule has 0 radical (unpaired) electrons. The molecule has 3 rings (SSSR count). The van der Waals surface area contributed by atoms with E-state index in [1.54, 1.807) is 0 Å². The lowest BCUT2D eigenvalue weighted by molar-refractivity contribution is -0.126. The SMILES string of the molecule is CC(=O)NC(C(=O)Nc1nc2cc3c(cc2s1)OCCO3)C(C)C. The third-order valence-electron chi connectivity index (χ3n) is 3.59. The molecule has 0 aliphatic carbocycles. The van der Waals surface area contributed by atoms with Gasteiger partial charge in [0.2, 0.25) is 11.8 Å². The predicted molar refractivity (Wildman–Crippen MR) is 91.7 cm³/mol. The van der Waals surface area contributed by atoms with Crippen molar-refractivity contribution in [1.82, 2.24) is 10.3 Å². The van der Waals surface area contributed by atoms with Crippen molar-refractivity contribution in [3.05, 3.63) is 12.1 Å². The molecule has 0 saturated carbocycles. The summed E-state index contributed by atoms with van der Waals surface area (Å²) >= 11 is 1.36. The van der Waals surface area contributed by atoms with Crippen molar-refractivity contribution < 1.29 is 19.1 Å². The van der Waals surface area contributed by atoms with Crippen molar-refractivity contribution in [3.63, 3.8) is 0 Å². The number of benzene rings is 1. The Kier molecular flexibility index (Phi) is 4.57. The number of anilines is 1. The number of rotatable bonds is 4. The molecule has 0 saturated heterocycles. The molecule has 2 aromatic rings. The monoisotopic (exact) mass is 349 g/mol. The lowest BCUT2D eigenvalue weighted by Crippen LogP contribution is -2.46. The summed E-state index contributed by atoms with van der Waals surface area (Å²) in [6.45, 7) is 6.18. The first-order chi connectivity index (χ1) is 11.4. The first-order valence-corrected chi connectivity index (χ1v) is 8.54. The largest absolute Gasteiger partial charge is 0.486 e. The predicted octanol–water partition coefficient (Wildman–Crippen LogP) is 2.17. The topological polar surface area (TPSA) is 89.6 Å². The lowest BCUT2D eigenvalue weighted by atomic mass is 10.0. The van der Waals surface area contributed by atoms with Gasteiger partial charge in [0.15, 0.2) is 16.6 Å². The van der Waals surface area contributed by atoms with E-state index in [9.17, 15) is 9.59 Å². The first kappa shape index (κ1) is 16.5. The van der Waals surface area contributed by atoms with E-state index in [1.807, 2.05) is 26.0 Å². The lowest BCUT2D eigenvalue weighted by Gasteiger charge is -2.19. The Labute approximate surface area is 143 Å². The summed E-state index contributed by atoms with van der Waals surface area (Å²) in [6.07, 6.45) is 0. The van der Waals surface area contributed by atoms with Crippen molar-refractivity contribution in [3.8, 4) is 11.5 Å². The van der Waals surface area contributed by atoms with Crippen LogP contribution in [0.25, 0.3) is 10.2 Å². The second-order valence-electron chi connectivity index (χ2n) is 5.89. The molecule has 8 heteroatoms. The molecule has 1 atom stereocenters. The van der Waals surface area contributed by atoms with Crippen LogP contribution < -0.4 is 20.1 Å². The molecule has 2 heterocycles. The Morgan fingerprint density at radius 1 is 1.21 bits per heavy atom. The van der Waals surface area contributed by atoms with Crippen molar-refractivity contribution in [2.75, 3.05) is 18.5 Å². The van der Waals surface area contributed by atoms with Crippen LogP contribution in [0.3, 0.4) is 0 Å². The van der Waals surface area contributed by atoms with Gasteiger partial charge in [-0.1, -0.05) is 25.2 Å². The van der Waals surface area contributed by atoms with Gasteiger partial charge in [-0.15, -0.1) is 0 Å². The van der Waals surface area contributed by atoms with Crippen LogP contribution in [0.4, 0.5) is 5.13 Å². The fourth-order valence-electron chi connectivity index (χ4n) is 2.46. The molecule has 0 spiro atoms. The van der Waals surface area contributed by atoms with Gasteiger partial charge in [-0.25, -0.2) is 4.98 Å². The maximum absolute atomic E-state index is 12.4. The Morgan fingerprint density at radius 3 is 2.50 bits per heavy atom. The van der Waals surface area contributed by atoms with E-state index < -0.39 is 6.04 Å². The number of hydrogen-bond donors (Lipinski definition) is 2. The molecule has 7 nitrogen and oxygen atoms in total. The van der Waals surface area contributed by atoms with Gasteiger partial charge in [-0.05, 0) is 5.92 Å². The normalized spacial score (nSPS) is 14.5. The van der Waals surface area contributed by atoms with Gasteiger partial charge in [0.1, 0.15) is 19.3 Å². The second-order valence-corrected chi connectivity index (χ2v) is 6.92.